The Balaban J connectivity index is 2.08. The number of anilines is 1. The van der Waals surface area contributed by atoms with Crippen LogP contribution in [0, 0.1) is 18.3 Å². The minimum atomic E-state index is -4.20. The maximum absolute atomic E-state index is 12.5. The standard InChI is InChI=1S/C14H16ClF3N4/c1-9-11(5-19)13(20-6-12(9)15)21-10-3-2-4-22(7-10)8-14(16,17)18/h6,10H,2-4,7-8H2,1H3,(H,20,21). The van der Waals surface area contributed by atoms with E-state index < -0.39 is 12.7 Å². The third-order valence-electron chi connectivity index (χ3n) is 3.64. The van der Waals surface area contributed by atoms with E-state index in [9.17, 15) is 18.4 Å². The molecule has 2 rings (SSSR count). The number of pyridine rings is 1. The number of rotatable bonds is 3. The topological polar surface area (TPSA) is 52.0 Å². The van der Waals surface area contributed by atoms with Crippen molar-refractivity contribution >= 4 is 17.4 Å². The van der Waals surface area contributed by atoms with Gasteiger partial charge < -0.3 is 5.32 Å². The molecule has 1 aliphatic rings. The number of nitriles is 1. The van der Waals surface area contributed by atoms with Crippen molar-refractivity contribution in [1.29, 1.82) is 5.26 Å². The summed E-state index contributed by atoms with van der Waals surface area (Å²) in [6.07, 6.45) is -1.35. The first-order valence-electron chi connectivity index (χ1n) is 6.91. The van der Waals surface area contributed by atoms with Crippen molar-refractivity contribution < 1.29 is 13.2 Å². The summed E-state index contributed by atoms with van der Waals surface area (Å²) in [7, 11) is 0. The van der Waals surface area contributed by atoms with Gasteiger partial charge in [0.2, 0.25) is 0 Å². The number of likely N-dealkylation sites (tertiary alicyclic amines) is 1. The van der Waals surface area contributed by atoms with E-state index in [0.717, 1.165) is 6.42 Å². The number of hydrogen-bond acceptors (Lipinski definition) is 4. The van der Waals surface area contributed by atoms with Crippen LogP contribution in [0.25, 0.3) is 0 Å². The van der Waals surface area contributed by atoms with Crippen LogP contribution in [-0.4, -0.2) is 41.7 Å². The van der Waals surface area contributed by atoms with Gasteiger partial charge in [0.15, 0.2) is 0 Å². The monoisotopic (exact) mass is 332 g/mol. The number of nitrogens with zero attached hydrogens (tertiary/aromatic N) is 3. The molecule has 1 aromatic rings. The highest BCUT2D eigenvalue weighted by atomic mass is 35.5. The van der Waals surface area contributed by atoms with E-state index >= 15 is 0 Å². The minimum Gasteiger partial charge on any atom is -0.365 e. The number of piperidine rings is 1. The Hall–Kier alpha value is -1.52. The normalized spacial score (nSPS) is 19.7. The predicted molar refractivity (Wildman–Crippen MR) is 77.8 cm³/mol. The van der Waals surface area contributed by atoms with Crippen LogP contribution < -0.4 is 5.32 Å². The smallest absolute Gasteiger partial charge is 0.365 e. The number of hydrogen-bond donors (Lipinski definition) is 1. The first kappa shape index (κ1) is 16.8. The molecule has 0 radical (unpaired) electrons. The predicted octanol–water partition coefficient (Wildman–Crippen LogP) is 3.35. The molecule has 1 atom stereocenters. The van der Waals surface area contributed by atoms with Crippen LogP contribution in [-0.2, 0) is 0 Å². The maximum atomic E-state index is 12.5. The fourth-order valence-corrected chi connectivity index (χ4v) is 2.73. The Morgan fingerprint density at radius 1 is 1.55 bits per heavy atom. The van der Waals surface area contributed by atoms with Gasteiger partial charge in [-0.3, -0.25) is 4.90 Å². The molecule has 1 aromatic heterocycles. The first-order chi connectivity index (χ1) is 10.3. The summed E-state index contributed by atoms with van der Waals surface area (Å²) in [6.45, 7) is 1.50. The Labute approximate surface area is 131 Å². The number of aromatic nitrogens is 1. The van der Waals surface area contributed by atoms with E-state index in [1.807, 2.05) is 6.07 Å². The van der Waals surface area contributed by atoms with Crippen LogP contribution in [0.5, 0.6) is 0 Å². The molecule has 0 aromatic carbocycles. The van der Waals surface area contributed by atoms with E-state index in [1.165, 1.54) is 11.1 Å². The summed E-state index contributed by atoms with van der Waals surface area (Å²) in [5.41, 5.74) is 0.949. The van der Waals surface area contributed by atoms with E-state index in [-0.39, 0.29) is 12.6 Å². The van der Waals surface area contributed by atoms with Crippen molar-refractivity contribution in [3.8, 4) is 6.07 Å². The van der Waals surface area contributed by atoms with Crippen molar-refractivity contribution in [1.82, 2.24) is 9.88 Å². The van der Waals surface area contributed by atoms with Gasteiger partial charge in [0.25, 0.3) is 0 Å². The van der Waals surface area contributed by atoms with Gasteiger partial charge >= 0.3 is 6.18 Å². The summed E-state index contributed by atoms with van der Waals surface area (Å²) in [5, 5.41) is 12.7. The SMILES string of the molecule is Cc1c(Cl)cnc(NC2CCCN(CC(F)(F)F)C2)c1C#N. The molecular formula is C14H16ClF3N4. The largest absolute Gasteiger partial charge is 0.401 e. The molecule has 0 amide bonds. The van der Waals surface area contributed by atoms with Gasteiger partial charge in [0, 0.05) is 18.8 Å². The molecule has 1 aliphatic heterocycles. The van der Waals surface area contributed by atoms with E-state index in [4.69, 9.17) is 11.6 Å². The molecule has 22 heavy (non-hydrogen) atoms. The third-order valence-corrected chi connectivity index (χ3v) is 4.02. The molecule has 1 N–H and O–H groups in total. The average Bonchev–Trinajstić information content (AvgIpc) is 2.42. The molecule has 1 fully saturated rings. The fraction of sp³-hybridized carbons (Fsp3) is 0.571. The highest BCUT2D eigenvalue weighted by Crippen LogP contribution is 2.26. The fourth-order valence-electron chi connectivity index (χ4n) is 2.59. The van der Waals surface area contributed by atoms with Crippen molar-refractivity contribution in [2.75, 3.05) is 25.0 Å². The van der Waals surface area contributed by atoms with Gasteiger partial charge in [0.05, 0.1) is 17.1 Å². The Morgan fingerprint density at radius 2 is 2.27 bits per heavy atom. The lowest BCUT2D eigenvalue weighted by molar-refractivity contribution is -0.147. The van der Waals surface area contributed by atoms with Gasteiger partial charge in [-0.2, -0.15) is 18.4 Å². The zero-order valence-electron chi connectivity index (χ0n) is 12.0. The number of halogens is 4. The summed E-state index contributed by atoms with van der Waals surface area (Å²) in [5.74, 6) is 0.378. The van der Waals surface area contributed by atoms with Gasteiger partial charge in [0.1, 0.15) is 11.9 Å². The van der Waals surface area contributed by atoms with Gasteiger partial charge in [-0.15, -0.1) is 0 Å². The first-order valence-corrected chi connectivity index (χ1v) is 7.29. The van der Waals surface area contributed by atoms with E-state index in [0.29, 0.717) is 34.9 Å². The molecule has 2 heterocycles. The van der Waals surface area contributed by atoms with Crippen LogP contribution in [0.1, 0.15) is 24.0 Å². The van der Waals surface area contributed by atoms with Crippen LogP contribution in [0.15, 0.2) is 6.20 Å². The Morgan fingerprint density at radius 3 is 2.91 bits per heavy atom. The maximum Gasteiger partial charge on any atom is 0.401 e. The quantitative estimate of drug-likeness (QED) is 0.922. The van der Waals surface area contributed by atoms with Crippen LogP contribution >= 0.6 is 11.6 Å². The van der Waals surface area contributed by atoms with Gasteiger partial charge in [-0.05, 0) is 31.9 Å². The second kappa shape index (κ2) is 6.71. The summed E-state index contributed by atoms with van der Waals surface area (Å²) >= 11 is 5.93. The Bertz CT molecular complexity index is 583. The van der Waals surface area contributed by atoms with Crippen molar-refractivity contribution in [2.45, 2.75) is 32.0 Å². The van der Waals surface area contributed by atoms with Crippen LogP contribution in [0.4, 0.5) is 19.0 Å². The minimum absolute atomic E-state index is 0.170. The molecule has 8 heteroatoms. The van der Waals surface area contributed by atoms with Crippen molar-refractivity contribution in [2.24, 2.45) is 0 Å². The van der Waals surface area contributed by atoms with Crippen LogP contribution in [0.2, 0.25) is 5.02 Å². The molecule has 0 spiro atoms. The summed E-state index contributed by atoms with van der Waals surface area (Å²) < 4.78 is 37.4. The van der Waals surface area contributed by atoms with Gasteiger partial charge in [-0.1, -0.05) is 11.6 Å². The van der Waals surface area contributed by atoms with Crippen molar-refractivity contribution in [3.63, 3.8) is 0 Å². The summed E-state index contributed by atoms with van der Waals surface area (Å²) in [4.78, 5) is 5.47. The van der Waals surface area contributed by atoms with Crippen molar-refractivity contribution in [3.05, 3.63) is 22.3 Å². The molecule has 1 saturated heterocycles. The molecule has 120 valence electrons. The average molecular weight is 333 g/mol. The number of nitrogens with one attached hydrogen (secondary N) is 1. The zero-order chi connectivity index (χ0) is 16.3. The zero-order valence-corrected chi connectivity index (χ0v) is 12.8. The van der Waals surface area contributed by atoms with E-state index in [1.54, 1.807) is 6.92 Å². The molecule has 0 saturated carbocycles. The molecule has 0 aliphatic carbocycles. The van der Waals surface area contributed by atoms with E-state index in [2.05, 4.69) is 10.3 Å². The summed E-state index contributed by atoms with van der Waals surface area (Å²) in [6, 6.07) is 1.87. The highest BCUT2D eigenvalue weighted by molar-refractivity contribution is 6.31. The molecule has 4 nitrogen and oxygen atoms in total. The molecule has 0 bridgehead atoms. The second-order valence-corrected chi connectivity index (χ2v) is 5.81. The third kappa shape index (κ3) is 4.24. The lowest BCUT2D eigenvalue weighted by Gasteiger charge is -2.33. The Kier molecular flexibility index (Phi) is 5.14. The second-order valence-electron chi connectivity index (χ2n) is 5.40. The molecular weight excluding hydrogens is 317 g/mol. The lowest BCUT2D eigenvalue weighted by atomic mass is 10.0. The lowest BCUT2D eigenvalue weighted by Crippen LogP contribution is -2.46. The van der Waals surface area contributed by atoms with Crippen LogP contribution in [0.3, 0.4) is 0 Å². The highest BCUT2D eigenvalue weighted by Gasteiger charge is 2.33. The molecule has 1 unspecified atom stereocenters. The number of alkyl halides is 3. The van der Waals surface area contributed by atoms with Gasteiger partial charge in [-0.25, -0.2) is 4.98 Å².